The van der Waals surface area contributed by atoms with Crippen molar-refractivity contribution in [2.75, 3.05) is 0 Å². The Labute approximate surface area is 102 Å². The molecular formula is C15H17NO. The standard InChI is InChI=1S/C15H17NO/c1-11-3-4-13(9-12(11)2)15(10-16)7-5-14(17)6-8-15/h3-4,9H,5-8H2,1-2H3. The first-order valence-corrected chi connectivity index (χ1v) is 6.08. The number of benzene rings is 1. The number of carbonyl (C=O) groups excluding carboxylic acids is 1. The van der Waals surface area contributed by atoms with Crippen LogP contribution in [0.5, 0.6) is 0 Å². The molecule has 0 saturated heterocycles. The van der Waals surface area contributed by atoms with E-state index in [1.807, 2.05) is 6.07 Å². The summed E-state index contributed by atoms with van der Waals surface area (Å²) in [4.78, 5) is 11.3. The summed E-state index contributed by atoms with van der Waals surface area (Å²) in [5, 5.41) is 9.48. The van der Waals surface area contributed by atoms with Crippen LogP contribution in [0.15, 0.2) is 18.2 Å². The van der Waals surface area contributed by atoms with Gasteiger partial charge in [-0.1, -0.05) is 18.2 Å². The number of aryl methyl sites for hydroxylation is 2. The summed E-state index contributed by atoms with van der Waals surface area (Å²) in [6.07, 6.45) is 2.43. The molecule has 0 N–H and O–H groups in total. The molecule has 0 radical (unpaired) electrons. The highest BCUT2D eigenvalue weighted by molar-refractivity contribution is 5.80. The Bertz CT molecular complexity index is 486. The van der Waals surface area contributed by atoms with Gasteiger partial charge < -0.3 is 0 Å². The van der Waals surface area contributed by atoms with E-state index >= 15 is 0 Å². The molecule has 2 heteroatoms. The Morgan fingerprint density at radius 2 is 1.82 bits per heavy atom. The largest absolute Gasteiger partial charge is 0.300 e. The van der Waals surface area contributed by atoms with E-state index in [9.17, 15) is 10.1 Å². The molecule has 0 bridgehead atoms. The van der Waals surface area contributed by atoms with Gasteiger partial charge in [0.05, 0.1) is 11.5 Å². The summed E-state index contributed by atoms with van der Waals surface area (Å²) >= 11 is 0. The summed E-state index contributed by atoms with van der Waals surface area (Å²) in [7, 11) is 0. The van der Waals surface area contributed by atoms with E-state index in [1.165, 1.54) is 11.1 Å². The zero-order chi connectivity index (χ0) is 12.5. The molecule has 1 aromatic rings. The van der Waals surface area contributed by atoms with Gasteiger partial charge in [0.15, 0.2) is 0 Å². The molecule has 1 saturated carbocycles. The van der Waals surface area contributed by atoms with Crippen LogP contribution in [0.4, 0.5) is 0 Å². The van der Waals surface area contributed by atoms with Crippen molar-refractivity contribution < 1.29 is 4.79 Å². The Kier molecular flexibility index (Phi) is 3.02. The molecule has 0 aromatic heterocycles. The van der Waals surface area contributed by atoms with Crippen LogP contribution in [-0.2, 0) is 10.2 Å². The first-order valence-electron chi connectivity index (χ1n) is 6.08. The first kappa shape index (κ1) is 11.9. The summed E-state index contributed by atoms with van der Waals surface area (Å²) in [6.45, 7) is 4.14. The van der Waals surface area contributed by atoms with Crippen molar-refractivity contribution in [1.82, 2.24) is 0 Å². The van der Waals surface area contributed by atoms with Crippen molar-refractivity contribution >= 4 is 5.78 Å². The van der Waals surface area contributed by atoms with E-state index in [2.05, 4.69) is 32.0 Å². The van der Waals surface area contributed by atoms with E-state index in [1.54, 1.807) is 0 Å². The van der Waals surface area contributed by atoms with Crippen LogP contribution in [0.25, 0.3) is 0 Å². The van der Waals surface area contributed by atoms with Crippen molar-refractivity contribution in [3.63, 3.8) is 0 Å². The monoisotopic (exact) mass is 227 g/mol. The molecule has 0 amide bonds. The average Bonchev–Trinajstić information content (AvgIpc) is 2.34. The molecule has 1 aliphatic rings. The van der Waals surface area contributed by atoms with Crippen LogP contribution < -0.4 is 0 Å². The van der Waals surface area contributed by atoms with Crippen molar-refractivity contribution in [2.45, 2.75) is 44.9 Å². The zero-order valence-corrected chi connectivity index (χ0v) is 10.4. The van der Waals surface area contributed by atoms with Crippen LogP contribution >= 0.6 is 0 Å². The van der Waals surface area contributed by atoms with Gasteiger partial charge in [0, 0.05) is 12.8 Å². The average molecular weight is 227 g/mol. The minimum absolute atomic E-state index is 0.291. The van der Waals surface area contributed by atoms with E-state index < -0.39 is 5.41 Å². The van der Waals surface area contributed by atoms with Gasteiger partial charge in [0.25, 0.3) is 0 Å². The third-order valence-electron chi connectivity index (χ3n) is 3.93. The van der Waals surface area contributed by atoms with E-state index in [0.717, 1.165) is 5.56 Å². The van der Waals surface area contributed by atoms with Crippen molar-refractivity contribution in [3.8, 4) is 6.07 Å². The molecule has 88 valence electrons. The third-order valence-corrected chi connectivity index (χ3v) is 3.93. The maximum Gasteiger partial charge on any atom is 0.133 e. The fraction of sp³-hybridized carbons (Fsp3) is 0.467. The van der Waals surface area contributed by atoms with Gasteiger partial charge in [-0.25, -0.2) is 0 Å². The lowest BCUT2D eigenvalue weighted by Crippen LogP contribution is -2.30. The van der Waals surface area contributed by atoms with Crippen molar-refractivity contribution in [2.24, 2.45) is 0 Å². The number of hydrogen-bond donors (Lipinski definition) is 0. The molecule has 1 fully saturated rings. The second-order valence-electron chi connectivity index (χ2n) is 5.03. The quantitative estimate of drug-likeness (QED) is 0.739. The number of rotatable bonds is 1. The van der Waals surface area contributed by atoms with Gasteiger partial charge in [-0.2, -0.15) is 5.26 Å². The van der Waals surface area contributed by atoms with Crippen molar-refractivity contribution in [1.29, 1.82) is 5.26 Å². The number of nitriles is 1. The van der Waals surface area contributed by atoms with Gasteiger partial charge in [-0.15, -0.1) is 0 Å². The summed E-state index contributed by atoms with van der Waals surface area (Å²) in [5.74, 6) is 0.291. The van der Waals surface area contributed by atoms with Crippen LogP contribution in [-0.4, -0.2) is 5.78 Å². The molecular weight excluding hydrogens is 210 g/mol. The second-order valence-corrected chi connectivity index (χ2v) is 5.03. The van der Waals surface area contributed by atoms with Crippen molar-refractivity contribution in [3.05, 3.63) is 34.9 Å². The third kappa shape index (κ3) is 2.10. The molecule has 2 nitrogen and oxygen atoms in total. The lowest BCUT2D eigenvalue weighted by atomic mass is 9.70. The zero-order valence-electron chi connectivity index (χ0n) is 10.4. The highest BCUT2D eigenvalue weighted by Gasteiger charge is 2.36. The van der Waals surface area contributed by atoms with Gasteiger partial charge >= 0.3 is 0 Å². The first-order chi connectivity index (χ1) is 8.07. The van der Waals surface area contributed by atoms with Gasteiger partial charge in [0.1, 0.15) is 5.78 Å². The van der Waals surface area contributed by atoms with Gasteiger partial charge in [-0.05, 0) is 43.4 Å². The van der Waals surface area contributed by atoms with Crippen LogP contribution in [0.3, 0.4) is 0 Å². The SMILES string of the molecule is Cc1ccc(C2(C#N)CCC(=O)CC2)cc1C. The molecule has 0 heterocycles. The lowest BCUT2D eigenvalue weighted by molar-refractivity contribution is -0.120. The predicted octanol–water partition coefficient (Wildman–Crippen LogP) is 3.21. The molecule has 0 aliphatic heterocycles. The van der Waals surface area contributed by atoms with E-state index in [0.29, 0.717) is 31.5 Å². The molecule has 2 rings (SSSR count). The molecule has 1 aliphatic carbocycles. The fourth-order valence-electron chi connectivity index (χ4n) is 2.46. The molecule has 0 unspecified atom stereocenters. The number of ketones is 1. The smallest absolute Gasteiger partial charge is 0.133 e. The highest BCUT2D eigenvalue weighted by Crippen LogP contribution is 2.38. The Hall–Kier alpha value is -1.62. The topological polar surface area (TPSA) is 40.9 Å². The fourth-order valence-corrected chi connectivity index (χ4v) is 2.46. The number of carbonyl (C=O) groups is 1. The molecule has 0 spiro atoms. The van der Waals surface area contributed by atoms with Gasteiger partial charge in [0.2, 0.25) is 0 Å². The number of Topliss-reactive ketones (excluding diaryl/α,β-unsaturated/α-hetero) is 1. The molecule has 17 heavy (non-hydrogen) atoms. The van der Waals surface area contributed by atoms with E-state index in [-0.39, 0.29) is 0 Å². The van der Waals surface area contributed by atoms with Gasteiger partial charge in [-0.3, -0.25) is 4.79 Å². The minimum Gasteiger partial charge on any atom is -0.300 e. The minimum atomic E-state index is -0.438. The van der Waals surface area contributed by atoms with Crippen LogP contribution in [0, 0.1) is 25.2 Å². The maximum absolute atomic E-state index is 11.3. The Morgan fingerprint density at radius 1 is 1.18 bits per heavy atom. The summed E-state index contributed by atoms with van der Waals surface area (Å²) in [6, 6.07) is 8.67. The van der Waals surface area contributed by atoms with E-state index in [4.69, 9.17) is 0 Å². The number of nitrogens with zero attached hydrogens (tertiary/aromatic N) is 1. The van der Waals surface area contributed by atoms with Crippen LogP contribution in [0.1, 0.15) is 42.4 Å². The highest BCUT2D eigenvalue weighted by atomic mass is 16.1. The maximum atomic E-state index is 11.3. The summed E-state index contributed by atoms with van der Waals surface area (Å²) < 4.78 is 0. The second kappa shape index (κ2) is 4.33. The molecule has 1 aromatic carbocycles. The summed E-state index contributed by atoms with van der Waals surface area (Å²) in [5.41, 5.74) is 3.10. The normalized spacial score (nSPS) is 18.8. The Morgan fingerprint density at radius 3 is 2.35 bits per heavy atom. The number of hydrogen-bond acceptors (Lipinski definition) is 2. The lowest BCUT2D eigenvalue weighted by Gasteiger charge is -2.30. The van der Waals surface area contributed by atoms with Crippen LogP contribution in [0.2, 0.25) is 0 Å². The predicted molar refractivity (Wildman–Crippen MR) is 66.7 cm³/mol. The Balaban J connectivity index is 2.38. The molecule has 0 atom stereocenters.